The Morgan fingerprint density at radius 1 is 0.641 bits per heavy atom. The summed E-state index contributed by atoms with van der Waals surface area (Å²) in [4.78, 5) is 4.77. The van der Waals surface area contributed by atoms with Crippen molar-refractivity contribution in [1.29, 1.82) is 0 Å². The Kier molecular flexibility index (Phi) is 9.08. The lowest BCUT2D eigenvalue weighted by molar-refractivity contribution is -0.659. The Labute approximate surface area is 229 Å². The third kappa shape index (κ3) is 6.89. The highest BCUT2D eigenvalue weighted by Gasteiger charge is 2.13. The van der Waals surface area contributed by atoms with Crippen LogP contribution in [0.5, 0.6) is 0 Å². The summed E-state index contributed by atoms with van der Waals surface area (Å²) in [7, 11) is 7.50. The van der Waals surface area contributed by atoms with Crippen molar-refractivity contribution in [2.45, 2.75) is 20.3 Å². The molecule has 0 fully saturated rings. The molecular formula is C27H38N12+2. The highest BCUT2D eigenvalue weighted by Crippen LogP contribution is 2.23. The number of hydrogen-bond acceptors (Lipinski definition) is 8. The van der Waals surface area contributed by atoms with Gasteiger partial charge in [0, 0.05) is 47.8 Å². The van der Waals surface area contributed by atoms with Crippen molar-refractivity contribution < 1.29 is 9.13 Å². The molecule has 2 heterocycles. The number of aryl methyl sites for hydroxylation is 4. The molecule has 0 amide bonds. The molecule has 39 heavy (non-hydrogen) atoms. The second kappa shape index (κ2) is 12.9. The molecule has 0 spiro atoms. The molecule has 2 aromatic heterocycles. The fraction of sp³-hybridized carbons (Fsp3) is 0.407. The van der Waals surface area contributed by atoms with E-state index in [4.69, 9.17) is 0 Å². The molecular weight excluding hydrogens is 492 g/mol. The molecule has 12 heteroatoms. The van der Waals surface area contributed by atoms with E-state index in [9.17, 15) is 0 Å². The Balaban J connectivity index is 1.31. The van der Waals surface area contributed by atoms with Crippen LogP contribution in [-0.4, -0.2) is 45.7 Å². The van der Waals surface area contributed by atoms with Crippen LogP contribution >= 0.6 is 0 Å². The lowest BCUT2D eigenvalue weighted by atomic mass is 10.2. The van der Waals surface area contributed by atoms with Gasteiger partial charge >= 0.3 is 11.9 Å². The molecule has 204 valence electrons. The number of hydrogen-bond donors (Lipinski definition) is 0. The standard InChI is InChI=1S/C27H38N12/c1-7-38(24-14-10-22(11-15-24)30-32-26-34(3)20-28-36(26)5)18-9-19-39(8-2)25-16-12-23(13-17-25)31-33-27-35(4)21-29-37(27)6/h10-17,20-21H,7-9,18-19H2,1-6H3/q+2. The van der Waals surface area contributed by atoms with Crippen LogP contribution in [0.25, 0.3) is 0 Å². The van der Waals surface area contributed by atoms with Gasteiger partial charge in [-0.25, -0.2) is 9.13 Å². The molecule has 0 aliphatic carbocycles. The number of azo groups is 2. The molecule has 4 rings (SSSR count). The first-order chi connectivity index (χ1) is 18.9. The first kappa shape index (κ1) is 27.6. The van der Waals surface area contributed by atoms with Gasteiger partial charge in [-0.2, -0.15) is 0 Å². The quantitative estimate of drug-likeness (QED) is 0.200. The summed E-state index contributed by atoms with van der Waals surface area (Å²) in [6, 6.07) is 16.4. The van der Waals surface area contributed by atoms with Crippen molar-refractivity contribution in [3.8, 4) is 0 Å². The first-order valence-electron chi connectivity index (χ1n) is 13.2. The van der Waals surface area contributed by atoms with Crippen LogP contribution in [-0.2, 0) is 28.2 Å². The molecule has 0 saturated heterocycles. The number of aromatic nitrogens is 6. The van der Waals surface area contributed by atoms with Gasteiger partial charge in [0.25, 0.3) is 0 Å². The first-order valence-corrected chi connectivity index (χ1v) is 13.2. The predicted octanol–water partition coefficient (Wildman–Crippen LogP) is 4.38. The third-order valence-electron chi connectivity index (χ3n) is 6.56. The molecule has 0 bridgehead atoms. The Hall–Kier alpha value is -4.48. The van der Waals surface area contributed by atoms with Crippen LogP contribution in [0.15, 0.2) is 81.6 Å². The zero-order valence-electron chi connectivity index (χ0n) is 23.7. The van der Waals surface area contributed by atoms with Crippen LogP contribution in [0.4, 0.5) is 34.6 Å². The Bertz CT molecular complexity index is 1250. The van der Waals surface area contributed by atoms with Gasteiger partial charge < -0.3 is 9.80 Å². The minimum atomic E-state index is 0.688. The van der Waals surface area contributed by atoms with E-state index in [0.717, 1.165) is 44.0 Å². The number of rotatable bonds is 12. The Morgan fingerprint density at radius 2 is 1.03 bits per heavy atom. The minimum Gasteiger partial charge on any atom is -0.372 e. The molecule has 0 aliphatic rings. The van der Waals surface area contributed by atoms with Crippen LogP contribution < -0.4 is 18.9 Å². The summed E-state index contributed by atoms with van der Waals surface area (Å²) in [5.74, 6) is 1.38. The van der Waals surface area contributed by atoms with E-state index in [1.165, 1.54) is 11.4 Å². The molecule has 0 unspecified atom stereocenters. The average molecular weight is 531 g/mol. The van der Waals surface area contributed by atoms with E-state index < -0.39 is 0 Å². The third-order valence-corrected chi connectivity index (χ3v) is 6.56. The van der Waals surface area contributed by atoms with Crippen LogP contribution in [0.1, 0.15) is 20.3 Å². The predicted molar refractivity (Wildman–Crippen MR) is 150 cm³/mol. The zero-order chi connectivity index (χ0) is 27.8. The second-order valence-corrected chi connectivity index (χ2v) is 9.28. The smallest absolute Gasteiger partial charge is 0.372 e. The number of nitrogens with zero attached hydrogens (tertiary/aromatic N) is 12. The van der Waals surface area contributed by atoms with Gasteiger partial charge in [0.1, 0.15) is 0 Å². The van der Waals surface area contributed by atoms with Crippen LogP contribution in [0.2, 0.25) is 0 Å². The summed E-state index contributed by atoms with van der Waals surface area (Å²) >= 11 is 0. The second-order valence-electron chi connectivity index (χ2n) is 9.28. The minimum absolute atomic E-state index is 0.688. The lowest BCUT2D eigenvalue weighted by Crippen LogP contribution is -2.30. The highest BCUT2D eigenvalue weighted by molar-refractivity contribution is 5.54. The number of benzene rings is 2. The summed E-state index contributed by atoms with van der Waals surface area (Å²) in [5.41, 5.74) is 3.99. The maximum atomic E-state index is 4.37. The maximum Gasteiger partial charge on any atom is 0.403 e. The van der Waals surface area contributed by atoms with Crippen LogP contribution in [0.3, 0.4) is 0 Å². The Morgan fingerprint density at radius 3 is 1.33 bits per heavy atom. The van der Waals surface area contributed by atoms with Gasteiger partial charge in [0.05, 0.1) is 39.6 Å². The molecule has 4 aromatic rings. The van der Waals surface area contributed by atoms with E-state index in [1.54, 1.807) is 22.0 Å². The molecule has 0 atom stereocenters. The molecule has 2 aromatic carbocycles. The van der Waals surface area contributed by atoms with Gasteiger partial charge in [-0.15, -0.1) is 9.36 Å². The SMILES string of the molecule is CCN(CCCN(CC)c1ccc(N=Nc2n(C)nc[n+]2C)cc1)c1ccc(N=Nc2n(C)nc[n+]2C)cc1. The van der Waals surface area contributed by atoms with E-state index >= 15 is 0 Å². The molecule has 0 aliphatic heterocycles. The summed E-state index contributed by atoms with van der Waals surface area (Å²) in [5, 5.41) is 25.7. The van der Waals surface area contributed by atoms with Crippen molar-refractivity contribution in [2.75, 3.05) is 36.0 Å². The summed E-state index contributed by atoms with van der Waals surface area (Å²) in [6.07, 6.45) is 4.46. The van der Waals surface area contributed by atoms with Gasteiger partial charge in [0.2, 0.25) is 12.7 Å². The van der Waals surface area contributed by atoms with Crippen molar-refractivity contribution in [1.82, 2.24) is 19.6 Å². The molecule has 0 saturated carbocycles. The van der Waals surface area contributed by atoms with Crippen LogP contribution in [0, 0.1) is 0 Å². The topological polar surface area (TPSA) is 99.3 Å². The van der Waals surface area contributed by atoms with Gasteiger partial charge in [-0.3, -0.25) is 0 Å². The monoisotopic (exact) mass is 530 g/mol. The molecule has 0 N–H and O–H groups in total. The fourth-order valence-electron chi connectivity index (χ4n) is 4.30. The molecule has 0 radical (unpaired) electrons. The van der Waals surface area contributed by atoms with E-state index in [2.05, 4.69) is 78.6 Å². The van der Waals surface area contributed by atoms with E-state index in [0.29, 0.717) is 11.9 Å². The summed E-state index contributed by atoms with van der Waals surface area (Å²) in [6.45, 7) is 8.18. The van der Waals surface area contributed by atoms with Crippen molar-refractivity contribution >= 4 is 34.6 Å². The van der Waals surface area contributed by atoms with Gasteiger partial charge in [-0.1, -0.05) is 10.2 Å². The largest absolute Gasteiger partial charge is 0.403 e. The van der Waals surface area contributed by atoms with Gasteiger partial charge in [-0.05, 0) is 79.0 Å². The van der Waals surface area contributed by atoms with Gasteiger partial charge in [0.15, 0.2) is 0 Å². The van der Waals surface area contributed by atoms with Crippen molar-refractivity contribution in [2.24, 2.45) is 48.6 Å². The summed E-state index contributed by atoms with van der Waals surface area (Å²) < 4.78 is 7.05. The fourth-order valence-corrected chi connectivity index (χ4v) is 4.30. The number of anilines is 2. The van der Waals surface area contributed by atoms with Crippen molar-refractivity contribution in [3.63, 3.8) is 0 Å². The van der Waals surface area contributed by atoms with Crippen molar-refractivity contribution in [3.05, 3.63) is 61.2 Å². The zero-order valence-corrected chi connectivity index (χ0v) is 23.7. The average Bonchev–Trinajstić information content (AvgIpc) is 3.45. The maximum absolute atomic E-state index is 4.37. The van der Waals surface area contributed by atoms with E-state index in [1.807, 2.05) is 61.6 Å². The normalized spacial score (nSPS) is 11.6. The lowest BCUT2D eigenvalue weighted by Gasteiger charge is -2.27. The highest BCUT2D eigenvalue weighted by atomic mass is 15.4. The van der Waals surface area contributed by atoms with E-state index in [-0.39, 0.29) is 0 Å². The molecule has 12 nitrogen and oxygen atoms in total.